The first-order valence-corrected chi connectivity index (χ1v) is 7.95. The van der Waals surface area contributed by atoms with E-state index in [-0.39, 0.29) is 16.9 Å². The minimum atomic E-state index is -0.346. The van der Waals surface area contributed by atoms with E-state index in [0.717, 1.165) is 31.7 Å². The molecule has 1 N–H and O–H groups in total. The minimum Gasteiger partial charge on any atom is -0.314 e. The van der Waals surface area contributed by atoms with E-state index in [9.17, 15) is 4.39 Å². The lowest BCUT2D eigenvalue weighted by Crippen LogP contribution is -2.45. The van der Waals surface area contributed by atoms with Crippen LogP contribution in [0, 0.1) is 5.82 Å². The second kappa shape index (κ2) is 6.22. The topological polar surface area (TPSA) is 15.3 Å². The molecule has 0 bridgehead atoms. The van der Waals surface area contributed by atoms with E-state index in [4.69, 9.17) is 11.6 Å². The first kappa shape index (κ1) is 14.0. The maximum atomic E-state index is 13.8. The predicted molar refractivity (Wildman–Crippen MR) is 82.0 cm³/mol. The summed E-state index contributed by atoms with van der Waals surface area (Å²) in [5, 5.41) is 5.64. The predicted octanol–water partition coefficient (Wildman–Crippen LogP) is 3.54. The lowest BCUT2D eigenvalue weighted by Gasteiger charge is -2.35. The Hall–Kier alpha value is -0.940. The SMILES string of the molecule is Fc1cccc([C@@H](c2cccs2)N2CCNCC2)c1Cl. The van der Waals surface area contributed by atoms with Gasteiger partial charge < -0.3 is 5.32 Å². The summed E-state index contributed by atoms with van der Waals surface area (Å²) in [6.07, 6.45) is 0. The molecule has 1 atom stereocenters. The lowest BCUT2D eigenvalue weighted by atomic mass is 10.0. The highest BCUT2D eigenvalue weighted by Crippen LogP contribution is 2.36. The molecule has 1 aromatic carbocycles. The molecule has 0 spiro atoms. The summed E-state index contributed by atoms with van der Waals surface area (Å²) in [6.45, 7) is 3.79. The molecule has 2 heterocycles. The number of nitrogens with one attached hydrogen (secondary N) is 1. The molecule has 0 aliphatic carbocycles. The summed E-state index contributed by atoms with van der Waals surface area (Å²) in [4.78, 5) is 3.57. The molecule has 1 aromatic heterocycles. The number of thiophene rings is 1. The molecule has 106 valence electrons. The third kappa shape index (κ3) is 2.74. The van der Waals surface area contributed by atoms with Crippen molar-refractivity contribution in [2.75, 3.05) is 26.2 Å². The number of rotatable bonds is 3. The van der Waals surface area contributed by atoms with Crippen LogP contribution in [0.2, 0.25) is 5.02 Å². The number of halogens is 2. The van der Waals surface area contributed by atoms with Gasteiger partial charge in [0.2, 0.25) is 0 Å². The molecule has 2 aromatic rings. The molecule has 0 amide bonds. The molecule has 1 saturated heterocycles. The summed E-state index contributed by atoms with van der Waals surface area (Å²) in [6, 6.07) is 9.24. The van der Waals surface area contributed by atoms with Crippen molar-refractivity contribution >= 4 is 22.9 Å². The summed E-state index contributed by atoms with van der Waals surface area (Å²) in [5.74, 6) is -0.346. The van der Waals surface area contributed by atoms with E-state index in [1.165, 1.54) is 10.9 Å². The number of benzene rings is 1. The fourth-order valence-corrected chi connectivity index (χ4v) is 3.75. The van der Waals surface area contributed by atoms with Gasteiger partial charge in [0.25, 0.3) is 0 Å². The fraction of sp³-hybridized carbons (Fsp3) is 0.333. The summed E-state index contributed by atoms with van der Waals surface area (Å²) in [5.41, 5.74) is 0.857. The van der Waals surface area contributed by atoms with Crippen LogP contribution >= 0.6 is 22.9 Å². The third-order valence-corrected chi connectivity index (χ3v) is 4.93. The molecular weight excluding hydrogens is 295 g/mol. The van der Waals surface area contributed by atoms with Crippen molar-refractivity contribution in [2.24, 2.45) is 0 Å². The molecule has 20 heavy (non-hydrogen) atoms. The first-order chi connectivity index (χ1) is 9.77. The standard InChI is InChI=1S/C15H16ClFN2S/c16-14-11(3-1-4-12(14)17)15(13-5-2-10-20-13)19-8-6-18-7-9-19/h1-5,10,15,18H,6-9H2/t15-/m0/s1. The van der Waals surface area contributed by atoms with Crippen LogP contribution in [0.1, 0.15) is 16.5 Å². The summed E-state index contributed by atoms with van der Waals surface area (Å²) in [7, 11) is 0. The van der Waals surface area contributed by atoms with Crippen LogP contribution in [0.3, 0.4) is 0 Å². The van der Waals surface area contributed by atoms with E-state index in [1.807, 2.05) is 12.1 Å². The van der Waals surface area contributed by atoms with Gasteiger partial charge in [-0.2, -0.15) is 0 Å². The van der Waals surface area contributed by atoms with Gasteiger partial charge in [-0.3, -0.25) is 4.90 Å². The van der Waals surface area contributed by atoms with Gasteiger partial charge in [0.1, 0.15) is 5.82 Å². The van der Waals surface area contributed by atoms with Crippen molar-refractivity contribution in [1.82, 2.24) is 10.2 Å². The van der Waals surface area contributed by atoms with Crippen LogP contribution in [0.5, 0.6) is 0 Å². The van der Waals surface area contributed by atoms with Crippen molar-refractivity contribution in [3.8, 4) is 0 Å². The largest absolute Gasteiger partial charge is 0.314 e. The minimum absolute atomic E-state index is 0.0419. The van der Waals surface area contributed by atoms with Crippen molar-refractivity contribution in [2.45, 2.75) is 6.04 Å². The van der Waals surface area contributed by atoms with E-state index in [0.29, 0.717) is 0 Å². The zero-order valence-electron chi connectivity index (χ0n) is 11.0. The molecule has 1 aliphatic heterocycles. The second-order valence-electron chi connectivity index (χ2n) is 4.85. The highest BCUT2D eigenvalue weighted by Gasteiger charge is 2.27. The van der Waals surface area contributed by atoms with Crippen molar-refractivity contribution in [1.29, 1.82) is 0 Å². The molecule has 1 aliphatic rings. The third-order valence-electron chi connectivity index (χ3n) is 3.61. The van der Waals surface area contributed by atoms with Crippen LogP contribution in [0.4, 0.5) is 4.39 Å². The normalized spacial score (nSPS) is 18.1. The maximum Gasteiger partial charge on any atom is 0.142 e. The smallest absolute Gasteiger partial charge is 0.142 e. The Morgan fingerprint density at radius 3 is 2.70 bits per heavy atom. The van der Waals surface area contributed by atoms with E-state index in [1.54, 1.807) is 17.4 Å². The zero-order chi connectivity index (χ0) is 13.9. The van der Waals surface area contributed by atoms with Gasteiger partial charge in [-0.1, -0.05) is 29.8 Å². The maximum absolute atomic E-state index is 13.8. The Bertz CT molecular complexity index is 567. The number of piperazine rings is 1. The summed E-state index contributed by atoms with van der Waals surface area (Å²) >= 11 is 7.90. The van der Waals surface area contributed by atoms with Gasteiger partial charge >= 0.3 is 0 Å². The lowest BCUT2D eigenvalue weighted by molar-refractivity contribution is 0.200. The fourth-order valence-electron chi connectivity index (χ4n) is 2.65. The quantitative estimate of drug-likeness (QED) is 0.933. The molecule has 0 radical (unpaired) electrons. The second-order valence-corrected chi connectivity index (χ2v) is 6.20. The zero-order valence-corrected chi connectivity index (χ0v) is 12.6. The Balaban J connectivity index is 2.03. The van der Waals surface area contributed by atoms with E-state index in [2.05, 4.69) is 21.7 Å². The van der Waals surface area contributed by atoms with Gasteiger partial charge in [0.15, 0.2) is 0 Å². The van der Waals surface area contributed by atoms with Crippen molar-refractivity contribution in [3.05, 3.63) is 57.0 Å². The number of nitrogens with zero attached hydrogens (tertiary/aromatic N) is 1. The Labute approximate surface area is 127 Å². The molecule has 2 nitrogen and oxygen atoms in total. The average molecular weight is 311 g/mol. The van der Waals surface area contributed by atoms with Crippen molar-refractivity contribution in [3.63, 3.8) is 0 Å². The van der Waals surface area contributed by atoms with Crippen LogP contribution in [-0.2, 0) is 0 Å². The van der Waals surface area contributed by atoms with E-state index < -0.39 is 0 Å². The molecule has 0 unspecified atom stereocenters. The Morgan fingerprint density at radius 2 is 2.00 bits per heavy atom. The van der Waals surface area contributed by atoms with Gasteiger partial charge in [-0.15, -0.1) is 11.3 Å². The Kier molecular flexibility index (Phi) is 4.36. The first-order valence-electron chi connectivity index (χ1n) is 6.69. The summed E-state index contributed by atoms with van der Waals surface area (Å²) < 4.78 is 13.8. The highest BCUT2D eigenvalue weighted by molar-refractivity contribution is 7.10. The van der Waals surface area contributed by atoms with Gasteiger partial charge in [-0.25, -0.2) is 4.39 Å². The molecular formula is C15H16ClFN2S. The Morgan fingerprint density at radius 1 is 1.20 bits per heavy atom. The van der Waals surface area contributed by atoms with Gasteiger partial charge in [0, 0.05) is 31.1 Å². The molecule has 1 fully saturated rings. The average Bonchev–Trinajstić information content (AvgIpc) is 2.99. The van der Waals surface area contributed by atoms with Crippen LogP contribution in [-0.4, -0.2) is 31.1 Å². The monoisotopic (exact) mass is 310 g/mol. The molecule has 3 rings (SSSR count). The highest BCUT2D eigenvalue weighted by atomic mass is 35.5. The van der Waals surface area contributed by atoms with Gasteiger partial charge in [0.05, 0.1) is 11.1 Å². The van der Waals surface area contributed by atoms with Crippen molar-refractivity contribution < 1.29 is 4.39 Å². The number of hydrogen-bond donors (Lipinski definition) is 1. The molecule has 0 saturated carbocycles. The molecule has 5 heteroatoms. The van der Waals surface area contributed by atoms with Crippen LogP contribution < -0.4 is 5.32 Å². The van der Waals surface area contributed by atoms with Crippen LogP contribution in [0.15, 0.2) is 35.7 Å². The van der Waals surface area contributed by atoms with Crippen LogP contribution in [0.25, 0.3) is 0 Å². The van der Waals surface area contributed by atoms with Gasteiger partial charge in [-0.05, 0) is 23.1 Å². The number of hydrogen-bond acceptors (Lipinski definition) is 3. The van der Waals surface area contributed by atoms with E-state index >= 15 is 0 Å².